The van der Waals surface area contributed by atoms with Crippen molar-refractivity contribution in [2.75, 3.05) is 47.5 Å². The molecule has 0 aliphatic carbocycles. The lowest BCUT2D eigenvalue weighted by Gasteiger charge is -2.26. The molecule has 73 heavy (non-hydrogen) atoms. The standard InChI is InChI=1S/C64H109NO8/c1-6-8-10-12-14-16-18-20-22-23-24-25-26-27-28-29-30-31-32-33-34-35-36-37-38-39-41-42-44-46-48-50-52-54-61(66)71-58-60(59-72-64(63(68)69)70-57-56-65(3,4)5)73-62(67)55-53-51-49-47-45-43-40-21-19-17-15-13-11-9-7-2/h9,11,15,17-18,20-21,23-24,26-27,40,45,47,51,53,60,64H,6-8,10,12-14,16,19,22,25,28-39,41-44,46,48-50,52,54-59H2,1-5H3/b11-9-,17-15-,20-18-,24-23-,27-26-,40-21-,47-45-,53-51-. The van der Waals surface area contributed by atoms with Crippen molar-refractivity contribution in [2.24, 2.45) is 0 Å². The maximum atomic E-state index is 12.7. The molecule has 0 bridgehead atoms. The van der Waals surface area contributed by atoms with Crippen molar-refractivity contribution in [3.8, 4) is 0 Å². The number of nitrogens with zero attached hydrogens (tertiary/aromatic N) is 1. The van der Waals surface area contributed by atoms with Gasteiger partial charge in [0.15, 0.2) is 12.4 Å². The first kappa shape index (κ1) is 69.2. The number of carboxylic acids is 1. The van der Waals surface area contributed by atoms with Gasteiger partial charge in [-0.25, -0.2) is 0 Å². The third kappa shape index (κ3) is 55.8. The lowest BCUT2D eigenvalue weighted by atomic mass is 10.0. The average molecular weight is 1020 g/mol. The maximum absolute atomic E-state index is 12.7. The molecule has 0 spiro atoms. The number of ether oxygens (including phenoxy) is 4. The number of likely N-dealkylation sites (N-methyl/N-ethyl adjacent to an activating group) is 1. The lowest BCUT2D eigenvalue weighted by Crippen LogP contribution is -2.44. The van der Waals surface area contributed by atoms with Crippen LogP contribution < -0.4 is 5.11 Å². The zero-order valence-electron chi connectivity index (χ0n) is 47.5. The summed E-state index contributed by atoms with van der Waals surface area (Å²) < 4.78 is 22.5. The Bertz CT molecular complexity index is 1520. The molecule has 0 aromatic heterocycles. The molecule has 0 rings (SSSR count). The molecule has 0 amide bonds. The average Bonchev–Trinajstić information content (AvgIpc) is 3.36. The maximum Gasteiger partial charge on any atom is 0.310 e. The molecule has 0 saturated carbocycles. The summed E-state index contributed by atoms with van der Waals surface area (Å²) in [6, 6.07) is 0. The van der Waals surface area contributed by atoms with Crippen LogP contribution >= 0.6 is 0 Å². The molecule has 0 fully saturated rings. The van der Waals surface area contributed by atoms with Crippen molar-refractivity contribution in [1.82, 2.24) is 0 Å². The molecule has 2 atom stereocenters. The van der Waals surface area contributed by atoms with E-state index >= 15 is 0 Å². The molecule has 0 aromatic rings. The highest BCUT2D eigenvalue weighted by Crippen LogP contribution is 2.16. The van der Waals surface area contributed by atoms with Crippen LogP contribution in [0.15, 0.2) is 97.2 Å². The number of aliphatic carboxylic acids is 1. The first-order valence-electron chi connectivity index (χ1n) is 29.4. The van der Waals surface area contributed by atoms with Crippen LogP contribution in [0.5, 0.6) is 0 Å². The molecule has 0 aliphatic rings. The number of allylic oxidation sites excluding steroid dienone is 15. The molecule has 0 aromatic carbocycles. The summed E-state index contributed by atoms with van der Waals surface area (Å²) in [4.78, 5) is 37.1. The zero-order valence-corrected chi connectivity index (χ0v) is 47.5. The SMILES string of the molecule is CC/C=C\C/C=C\C/C=C\C/C=C\C/C=C\CC(=O)OC(COC(=O)CCCCCCCCCCCCCCCCCCCC/C=C\C/C=C\C/C=C\CCCCCCC)COC(OCC[N+](C)(C)C)C(=O)[O-]. The Kier molecular flexibility index (Phi) is 51.6. The van der Waals surface area contributed by atoms with E-state index in [4.69, 9.17) is 18.9 Å². The second-order valence-corrected chi connectivity index (χ2v) is 20.6. The van der Waals surface area contributed by atoms with Gasteiger partial charge in [0.05, 0.1) is 46.7 Å². The highest BCUT2D eigenvalue weighted by Gasteiger charge is 2.21. The second-order valence-electron chi connectivity index (χ2n) is 20.6. The fourth-order valence-corrected chi connectivity index (χ4v) is 7.85. The van der Waals surface area contributed by atoms with Gasteiger partial charge < -0.3 is 33.3 Å². The monoisotopic (exact) mass is 1020 g/mol. The van der Waals surface area contributed by atoms with Crippen LogP contribution in [-0.2, 0) is 33.3 Å². The third-order valence-electron chi connectivity index (χ3n) is 12.3. The second kappa shape index (κ2) is 54.5. The summed E-state index contributed by atoms with van der Waals surface area (Å²) in [6.07, 6.45) is 70.8. The number of carbonyl (C=O) groups excluding carboxylic acids is 3. The molecule has 2 unspecified atom stereocenters. The van der Waals surface area contributed by atoms with Crippen LogP contribution in [0.4, 0.5) is 0 Å². The Hall–Kier alpha value is -3.79. The highest BCUT2D eigenvalue weighted by atomic mass is 16.7. The van der Waals surface area contributed by atoms with Gasteiger partial charge in [0, 0.05) is 6.42 Å². The van der Waals surface area contributed by atoms with E-state index in [1.807, 2.05) is 33.3 Å². The minimum Gasteiger partial charge on any atom is -0.545 e. The fourth-order valence-electron chi connectivity index (χ4n) is 7.85. The smallest absolute Gasteiger partial charge is 0.310 e. The van der Waals surface area contributed by atoms with Crippen molar-refractivity contribution >= 4 is 17.9 Å². The first-order chi connectivity index (χ1) is 35.6. The Balaban J connectivity index is 4.15. The van der Waals surface area contributed by atoms with E-state index in [-0.39, 0.29) is 38.6 Å². The summed E-state index contributed by atoms with van der Waals surface area (Å²) in [6.45, 7) is 4.50. The van der Waals surface area contributed by atoms with E-state index in [0.717, 1.165) is 57.8 Å². The van der Waals surface area contributed by atoms with E-state index in [1.54, 1.807) is 6.08 Å². The van der Waals surface area contributed by atoms with E-state index < -0.39 is 24.3 Å². The van der Waals surface area contributed by atoms with Crippen LogP contribution in [0.3, 0.4) is 0 Å². The van der Waals surface area contributed by atoms with Crippen molar-refractivity contribution in [2.45, 2.75) is 245 Å². The molecule has 418 valence electrons. The van der Waals surface area contributed by atoms with Gasteiger partial charge in [-0.3, -0.25) is 9.59 Å². The van der Waals surface area contributed by atoms with Crippen molar-refractivity contribution in [1.29, 1.82) is 0 Å². The van der Waals surface area contributed by atoms with Crippen molar-refractivity contribution in [3.05, 3.63) is 97.2 Å². The van der Waals surface area contributed by atoms with Crippen LogP contribution in [0.25, 0.3) is 0 Å². The third-order valence-corrected chi connectivity index (χ3v) is 12.3. The van der Waals surface area contributed by atoms with Crippen molar-refractivity contribution < 1.29 is 42.9 Å². The molecule has 9 nitrogen and oxygen atoms in total. The van der Waals surface area contributed by atoms with Gasteiger partial charge in [-0.05, 0) is 77.0 Å². The first-order valence-corrected chi connectivity index (χ1v) is 29.4. The number of rotatable bonds is 53. The molecule has 0 aliphatic heterocycles. The number of unbranched alkanes of at least 4 members (excludes halogenated alkanes) is 23. The van der Waals surface area contributed by atoms with Crippen LogP contribution in [-0.4, -0.2) is 82.3 Å². The summed E-state index contributed by atoms with van der Waals surface area (Å²) in [7, 11) is 5.88. The van der Waals surface area contributed by atoms with Gasteiger partial charge in [0.25, 0.3) is 0 Å². The van der Waals surface area contributed by atoms with E-state index in [9.17, 15) is 19.5 Å². The van der Waals surface area contributed by atoms with Gasteiger partial charge in [-0.2, -0.15) is 0 Å². The molecule has 0 radical (unpaired) electrons. The summed E-state index contributed by atoms with van der Waals surface area (Å²) in [5, 5.41) is 11.7. The number of hydrogen-bond acceptors (Lipinski definition) is 8. The topological polar surface area (TPSA) is 111 Å². The Morgan fingerprint density at radius 2 is 0.822 bits per heavy atom. The molecule has 0 saturated heterocycles. The molecular weight excluding hydrogens is 911 g/mol. The Morgan fingerprint density at radius 1 is 0.438 bits per heavy atom. The number of quaternary nitrogens is 1. The van der Waals surface area contributed by atoms with Crippen LogP contribution in [0.1, 0.15) is 232 Å². The number of hydrogen-bond donors (Lipinski definition) is 0. The molecule has 0 heterocycles. The normalized spacial score (nSPS) is 13.5. The predicted octanol–water partition coefficient (Wildman–Crippen LogP) is 16.0. The quantitative estimate of drug-likeness (QED) is 0.0195. The summed E-state index contributed by atoms with van der Waals surface area (Å²) >= 11 is 0. The molecule has 0 N–H and O–H groups in total. The predicted molar refractivity (Wildman–Crippen MR) is 306 cm³/mol. The van der Waals surface area contributed by atoms with E-state index in [1.165, 1.54) is 141 Å². The van der Waals surface area contributed by atoms with Gasteiger partial charge in [0.1, 0.15) is 13.2 Å². The fraction of sp³-hybridized carbons (Fsp3) is 0.703. The summed E-state index contributed by atoms with van der Waals surface area (Å²) in [5.74, 6) is -2.45. The van der Waals surface area contributed by atoms with Crippen LogP contribution in [0, 0.1) is 0 Å². The number of carboxylic acid groups (broad SMARTS) is 1. The number of carbonyl (C=O) groups is 3. The van der Waals surface area contributed by atoms with Gasteiger partial charge >= 0.3 is 11.9 Å². The minimum atomic E-state index is -1.65. The van der Waals surface area contributed by atoms with E-state index in [2.05, 4.69) is 92.8 Å². The van der Waals surface area contributed by atoms with Gasteiger partial charge in [-0.1, -0.05) is 239 Å². The lowest BCUT2D eigenvalue weighted by molar-refractivity contribution is -0.870. The zero-order chi connectivity index (χ0) is 53.4. The van der Waals surface area contributed by atoms with Crippen LogP contribution in [0.2, 0.25) is 0 Å². The van der Waals surface area contributed by atoms with E-state index in [0.29, 0.717) is 17.4 Å². The Labute approximate surface area is 448 Å². The molecule has 9 heteroatoms. The number of esters is 2. The molecular formula is C64H109NO8. The van der Waals surface area contributed by atoms with Gasteiger partial charge in [-0.15, -0.1) is 0 Å². The minimum absolute atomic E-state index is 0.0124. The Morgan fingerprint density at radius 3 is 1.23 bits per heavy atom. The highest BCUT2D eigenvalue weighted by molar-refractivity contribution is 5.71. The largest absolute Gasteiger partial charge is 0.545 e. The van der Waals surface area contributed by atoms with Crippen molar-refractivity contribution in [3.63, 3.8) is 0 Å². The van der Waals surface area contributed by atoms with Gasteiger partial charge in [0.2, 0.25) is 0 Å². The summed E-state index contributed by atoms with van der Waals surface area (Å²) in [5.41, 5.74) is 0.